The van der Waals surface area contributed by atoms with E-state index in [9.17, 15) is 13.2 Å². The van der Waals surface area contributed by atoms with Crippen molar-refractivity contribution in [2.45, 2.75) is 18.2 Å². The normalized spacial score (nSPS) is 34.8. The average Bonchev–Trinajstić information content (AvgIpc) is 2.13. The van der Waals surface area contributed by atoms with Crippen molar-refractivity contribution in [1.29, 1.82) is 0 Å². The van der Waals surface area contributed by atoms with Crippen molar-refractivity contribution in [3.05, 3.63) is 0 Å². The van der Waals surface area contributed by atoms with E-state index in [0.29, 0.717) is 0 Å². The Bertz CT molecular complexity index is 127. The first-order valence-corrected chi connectivity index (χ1v) is 2.95. The number of rotatable bonds is 0. The lowest BCUT2D eigenvalue weighted by molar-refractivity contribution is -0.251. The second-order valence-corrected chi connectivity index (χ2v) is 2.46. The van der Waals surface area contributed by atoms with E-state index < -0.39 is 11.8 Å². The summed E-state index contributed by atoms with van der Waals surface area (Å²) in [6.45, 7) is -0.146. The number of halogens is 3. The summed E-state index contributed by atoms with van der Waals surface area (Å²) in [7, 11) is 0. The summed E-state index contributed by atoms with van der Waals surface area (Å²) in [4.78, 5) is 0. The molecule has 0 amide bonds. The lowest BCUT2D eigenvalue weighted by Gasteiger charge is -2.23. The number of alkyl halides is 3. The van der Waals surface area contributed by atoms with E-state index in [-0.39, 0.29) is 19.5 Å². The van der Waals surface area contributed by atoms with Gasteiger partial charge in [-0.2, -0.15) is 13.2 Å². The van der Waals surface area contributed by atoms with Crippen molar-refractivity contribution in [2.24, 2.45) is 0 Å². The van der Waals surface area contributed by atoms with Crippen LogP contribution in [0.5, 0.6) is 0 Å². The third-order valence-electron chi connectivity index (χ3n) is 1.66. The molecule has 10 heavy (non-hydrogen) atoms. The molecule has 60 valence electrons. The number of hydrogen-bond donors (Lipinski definition) is 2. The van der Waals surface area contributed by atoms with Gasteiger partial charge in [0, 0.05) is 6.54 Å². The maximum absolute atomic E-state index is 11.9. The van der Waals surface area contributed by atoms with Gasteiger partial charge in [0.2, 0.25) is 0 Å². The lowest BCUT2D eigenvalue weighted by atomic mass is 10.0. The zero-order valence-electron chi connectivity index (χ0n) is 5.20. The van der Waals surface area contributed by atoms with E-state index in [0.717, 1.165) is 0 Å². The number of β-amino-alcohol motifs (C(OH)–C–C–N with tert-alkyl or cyclic N) is 1. The monoisotopic (exact) mass is 155 g/mol. The molecule has 0 aromatic carbocycles. The van der Waals surface area contributed by atoms with Gasteiger partial charge in [-0.25, -0.2) is 0 Å². The molecular formula is C5H8F3NO. The number of aliphatic hydroxyl groups is 1. The highest BCUT2D eigenvalue weighted by Crippen LogP contribution is 2.34. The molecule has 0 aromatic rings. The summed E-state index contributed by atoms with van der Waals surface area (Å²) < 4.78 is 35.6. The largest absolute Gasteiger partial charge is 0.418 e. The van der Waals surface area contributed by atoms with Gasteiger partial charge in [0.15, 0.2) is 5.60 Å². The summed E-state index contributed by atoms with van der Waals surface area (Å²) in [6.07, 6.45) is -4.73. The summed E-state index contributed by atoms with van der Waals surface area (Å²) in [5, 5.41) is 11.3. The predicted octanol–water partition coefficient (Wildman–Crippen LogP) is 0.273. The smallest absolute Gasteiger partial charge is 0.379 e. The van der Waals surface area contributed by atoms with E-state index in [1.165, 1.54) is 0 Å². The quantitative estimate of drug-likeness (QED) is 0.526. The summed E-state index contributed by atoms with van der Waals surface area (Å²) >= 11 is 0. The third-order valence-corrected chi connectivity index (χ3v) is 1.66. The van der Waals surface area contributed by atoms with Gasteiger partial charge in [0.05, 0.1) is 0 Å². The van der Waals surface area contributed by atoms with E-state index in [1.54, 1.807) is 0 Å². The molecule has 1 rings (SSSR count). The van der Waals surface area contributed by atoms with Gasteiger partial charge in [-0.3, -0.25) is 0 Å². The van der Waals surface area contributed by atoms with E-state index in [4.69, 9.17) is 5.11 Å². The fraction of sp³-hybridized carbons (Fsp3) is 1.00. The van der Waals surface area contributed by atoms with Crippen LogP contribution in [-0.4, -0.2) is 30.0 Å². The second kappa shape index (κ2) is 2.10. The van der Waals surface area contributed by atoms with Crippen molar-refractivity contribution >= 4 is 0 Å². The minimum absolute atomic E-state index is 0.232. The molecule has 1 fully saturated rings. The van der Waals surface area contributed by atoms with Crippen molar-refractivity contribution in [3.8, 4) is 0 Å². The van der Waals surface area contributed by atoms with Crippen molar-refractivity contribution in [3.63, 3.8) is 0 Å². The molecule has 0 aliphatic carbocycles. The predicted molar refractivity (Wildman–Crippen MR) is 28.5 cm³/mol. The van der Waals surface area contributed by atoms with Crippen molar-refractivity contribution < 1.29 is 18.3 Å². The van der Waals surface area contributed by atoms with Crippen LogP contribution < -0.4 is 5.32 Å². The van der Waals surface area contributed by atoms with Crippen LogP contribution >= 0.6 is 0 Å². The van der Waals surface area contributed by atoms with Crippen LogP contribution in [0.15, 0.2) is 0 Å². The van der Waals surface area contributed by atoms with Gasteiger partial charge < -0.3 is 10.4 Å². The molecule has 1 saturated heterocycles. The molecule has 0 saturated carbocycles. The Morgan fingerprint density at radius 3 is 2.20 bits per heavy atom. The van der Waals surface area contributed by atoms with Crippen LogP contribution in [-0.2, 0) is 0 Å². The Morgan fingerprint density at radius 2 is 2.00 bits per heavy atom. The minimum Gasteiger partial charge on any atom is -0.379 e. The number of hydrogen-bond acceptors (Lipinski definition) is 2. The Hall–Kier alpha value is -0.290. The Morgan fingerprint density at radius 1 is 1.40 bits per heavy atom. The maximum Gasteiger partial charge on any atom is 0.418 e. The zero-order chi connectivity index (χ0) is 7.83. The van der Waals surface area contributed by atoms with Crippen LogP contribution in [0, 0.1) is 0 Å². The molecule has 2 N–H and O–H groups in total. The molecule has 1 aliphatic rings. The van der Waals surface area contributed by atoms with Crippen LogP contribution in [0.25, 0.3) is 0 Å². The summed E-state index contributed by atoms with van der Waals surface area (Å²) in [5.74, 6) is 0. The molecular weight excluding hydrogens is 147 g/mol. The molecule has 0 spiro atoms. The summed E-state index contributed by atoms with van der Waals surface area (Å²) in [6, 6.07) is 0. The van der Waals surface area contributed by atoms with Gasteiger partial charge in [-0.1, -0.05) is 0 Å². The molecule has 1 atom stereocenters. The molecule has 1 heterocycles. The fourth-order valence-electron chi connectivity index (χ4n) is 0.921. The molecule has 0 radical (unpaired) electrons. The highest BCUT2D eigenvalue weighted by molar-refractivity contribution is 4.93. The third kappa shape index (κ3) is 1.11. The standard InChI is InChI=1S/C5H8F3NO/c6-5(7,8)4(10)1-2-9-3-4/h9-10H,1-3H2/t4-/m0/s1. The molecule has 2 nitrogen and oxygen atoms in total. The van der Waals surface area contributed by atoms with Gasteiger partial charge in [0.25, 0.3) is 0 Å². The summed E-state index contributed by atoms with van der Waals surface area (Å²) in [5.41, 5.74) is -2.48. The highest BCUT2D eigenvalue weighted by atomic mass is 19.4. The molecule has 5 heteroatoms. The Labute approximate surface area is 56.0 Å². The molecule has 0 bridgehead atoms. The second-order valence-electron chi connectivity index (χ2n) is 2.46. The van der Waals surface area contributed by atoms with Gasteiger partial charge in [-0.15, -0.1) is 0 Å². The van der Waals surface area contributed by atoms with Crippen LogP contribution in [0.1, 0.15) is 6.42 Å². The Balaban J connectivity index is 2.67. The van der Waals surface area contributed by atoms with Crippen molar-refractivity contribution in [1.82, 2.24) is 5.32 Å². The highest BCUT2D eigenvalue weighted by Gasteiger charge is 2.54. The first-order chi connectivity index (χ1) is 4.46. The fourth-order valence-corrected chi connectivity index (χ4v) is 0.921. The maximum atomic E-state index is 11.9. The van der Waals surface area contributed by atoms with Gasteiger partial charge >= 0.3 is 6.18 Å². The van der Waals surface area contributed by atoms with Crippen LogP contribution in [0.4, 0.5) is 13.2 Å². The minimum atomic E-state index is -4.49. The van der Waals surface area contributed by atoms with Gasteiger partial charge in [-0.05, 0) is 13.0 Å². The zero-order valence-corrected chi connectivity index (χ0v) is 5.20. The SMILES string of the molecule is O[C@@]1(C(F)(F)F)CCNC1. The van der Waals surface area contributed by atoms with Gasteiger partial charge in [0.1, 0.15) is 0 Å². The van der Waals surface area contributed by atoms with E-state index >= 15 is 0 Å². The van der Waals surface area contributed by atoms with Crippen LogP contribution in [0.3, 0.4) is 0 Å². The first kappa shape index (κ1) is 7.81. The average molecular weight is 155 g/mol. The number of nitrogens with one attached hydrogen (secondary N) is 1. The first-order valence-electron chi connectivity index (χ1n) is 2.95. The van der Waals surface area contributed by atoms with Crippen LogP contribution in [0.2, 0.25) is 0 Å². The molecule has 0 unspecified atom stereocenters. The van der Waals surface area contributed by atoms with E-state index in [1.807, 2.05) is 0 Å². The van der Waals surface area contributed by atoms with Crippen molar-refractivity contribution in [2.75, 3.05) is 13.1 Å². The molecule has 0 aromatic heterocycles. The molecule has 1 aliphatic heterocycles. The lowest BCUT2D eigenvalue weighted by Crippen LogP contribution is -2.46. The topological polar surface area (TPSA) is 32.3 Å². The Kier molecular flexibility index (Phi) is 1.64. The van der Waals surface area contributed by atoms with E-state index in [2.05, 4.69) is 5.32 Å².